The van der Waals surface area contributed by atoms with E-state index in [4.69, 9.17) is 4.42 Å². The molecule has 2 aromatic heterocycles. The van der Waals surface area contributed by atoms with Crippen LogP contribution in [0.3, 0.4) is 0 Å². The number of nitrogens with one attached hydrogen (secondary N) is 1. The van der Waals surface area contributed by atoms with Crippen LogP contribution in [0.4, 0.5) is 5.69 Å². The van der Waals surface area contributed by atoms with Crippen molar-refractivity contribution in [2.75, 3.05) is 38.6 Å². The van der Waals surface area contributed by atoms with Crippen molar-refractivity contribution in [2.24, 2.45) is 12.0 Å². The van der Waals surface area contributed by atoms with E-state index in [1.807, 2.05) is 36.3 Å². The third-order valence-corrected chi connectivity index (χ3v) is 5.74. The third-order valence-electron chi connectivity index (χ3n) is 5.74. The first kappa shape index (κ1) is 25.8. The third kappa shape index (κ3) is 6.38. The molecule has 0 unspecified atom stereocenters. The molecule has 4 rings (SSSR count). The molecule has 1 aromatic carbocycles. The molecule has 9 nitrogen and oxygen atoms in total. The van der Waals surface area contributed by atoms with Crippen molar-refractivity contribution in [3.05, 3.63) is 71.9 Å². The first-order valence-corrected chi connectivity index (χ1v) is 11.1. The lowest BCUT2D eigenvalue weighted by atomic mass is 10.1. The monoisotopic (exact) mass is 577 g/mol. The first-order valence-electron chi connectivity index (χ1n) is 11.1. The summed E-state index contributed by atoms with van der Waals surface area (Å²) in [4.78, 5) is 23.2. The van der Waals surface area contributed by atoms with Gasteiger partial charge >= 0.3 is 0 Å². The Labute approximate surface area is 217 Å². The van der Waals surface area contributed by atoms with Gasteiger partial charge in [-0.05, 0) is 30.3 Å². The largest absolute Gasteiger partial charge is 0.468 e. The number of aromatic nitrogens is 2. The normalized spacial score (nSPS) is 14.5. The fourth-order valence-corrected chi connectivity index (χ4v) is 4.08. The van der Waals surface area contributed by atoms with E-state index in [1.54, 1.807) is 29.1 Å². The molecule has 182 valence electrons. The molecule has 0 atom stereocenters. The smallest absolute Gasteiger partial charge is 0.246 e. The minimum absolute atomic E-state index is 0. The number of piperazine rings is 1. The number of halogens is 1. The Balaban J connectivity index is 0.00000324. The molecule has 0 saturated carbocycles. The Kier molecular flexibility index (Phi) is 9.11. The van der Waals surface area contributed by atoms with Crippen LogP contribution in [0.5, 0.6) is 0 Å². The van der Waals surface area contributed by atoms with E-state index in [2.05, 4.69) is 45.6 Å². The van der Waals surface area contributed by atoms with Gasteiger partial charge in [-0.25, -0.2) is 0 Å². The van der Waals surface area contributed by atoms with Crippen LogP contribution in [0.25, 0.3) is 0 Å². The summed E-state index contributed by atoms with van der Waals surface area (Å²) in [6, 6.07) is 12.3. The zero-order valence-electron chi connectivity index (χ0n) is 19.8. The topological polar surface area (TPSA) is 82.1 Å². The van der Waals surface area contributed by atoms with Crippen LogP contribution < -0.4 is 10.2 Å². The maximum atomic E-state index is 12.8. The number of hydrogen-bond acceptors (Lipinski definition) is 5. The second kappa shape index (κ2) is 12.0. The van der Waals surface area contributed by atoms with Crippen LogP contribution >= 0.6 is 24.0 Å². The lowest BCUT2D eigenvalue weighted by Crippen LogP contribution is -2.55. The molecule has 1 aliphatic heterocycles. The van der Waals surface area contributed by atoms with Crippen molar-refractivity contribution in [3.8, 4) is 0 Å². The van der Waals surface area contributed by atoms with Gasteiger partial charge in [-0.2, -0.15) is 5.10 Å². The van der Waals surface area contributed by atoms with Crippen LogP contribution in [0, 0.1) is 0 Å². The van der Waals surface area contributed by atoms with Crippen molar-refractivity contribution >= 4 is 41.5 Å². The molecule has 3 aromatic rings. The Hall–Kier alpha value is -2.86. The Bertz CT molecular complexity index is 1100. The SMILES string of the molecule is CN=C(NCc1ccccc1CN(C)Cc1ccco1)N1CCN(c2cnn(C)c2)C(=O)C1.I. The van der Waals surface area contributed by atoms with E-state index in [-0.39, 0.29) is 36.4 Å². The van der Waals surface area contributed by atoms with E-state index in [0.717, 1.165) is 30.5 Å². The van der Waals surface area contributed by atoms with Crippen molar-refractivity contribution < 1.29 is 9.21 Å². The predicted octanol–water partition coefficient (Wildman–Crippen LogP) is 2.69. The number of rotatable bonds is 7. The van der Waals surface area contributed by atoms with E-state index in [1.165, 1.54) is 11.1 Å². The molecule has 10 heteroatoms. The molecule has 0 bridgehead atoms. The molecule has 1 amide bonds. The minimum Gasteiger partial charge on any atom is -0.468 e. The number of aliphatic imine (C=N–C) groups is 1. The molecule has 1 N–H and O–H groups in total. The predicted molar refractivity (Wildman–Crippen MR) is 143 cm³/mol. The standard InChI is InChI=1S/C24H31N7O2.HI/c1-25-24(30-10-11-31(23(32)18-30)21-14-27-29(3)16-21)26-13-19-7-4-5-8-20(19)15-28(2)17-22-9-6-12-33-22;/h4-9,12,14,16H,10-11,13,15,17-18H2,1-3H3,(H,25,26);1H. The molecule has 0 aliphatic carbocycles. The maximum Gasteiger partial charge on any atom is 0.246 e. The Morgan fingerprint density at radius 1 is 1.18 bits per heavy atom. The average Bonchev–Trinajstić information content (AvgIpc) is 3.47. The van der Waals surface area contributed by atoms with Gasteiger partial charge in [0.2, 0.25) is 5.91 Å². The van der Waals surface area contributed by atoms with Gasteiger partial charge in [0, 0.05) is 46.5 Å². The highest BCUT2D eigenvalue weighted by molar-refractivity contribution is 14.0. The van der Waals surface area contributed by atoms with E-state index < -0.39 is 0 Å². The summed E-state index contributed by atoms with van der Waals surface area (Å²) in [5.74, 6) is 1.72. The maximum absolute atomic E-state index is 12.8. The van der Waals surface area contributed by atoms with Gasteiger partial charge in [0.1, 0.15) is 12.3 Å². The van der Waals surface area contributed by atoms with Crippen molar-refractivity contribution in [1.29, 1.82) is 0 Å². The molecule has 1 aliphatic rings. The zero-order valence-corrected chi connectivity index (χ0v) is 22.2. The lowest BCUT2D eigenvalue weighted by molar-refractivity contribution is -0.120. The molecule has 0 radical (unpaired) electrons. The fourth-order valence-electron chi connectivity index (χ4n) is 4.08. The van der Waals surface area contributed by atoms with Crippen LogP contribution in [0.1, 0.15) is 16.9 Å². The van der Waals surface area contributed by atoms with Crippen LogP contribution in [0.2, 0.25) is 0 Å². The number of benzene rings is 1. The van der Waals surface area contributed by atoms with Gasteiger partial charge in [-0.3, -0.25) is 19.4 Å². The Morgan fingerprint density at radius 2 is 1.97 bits per heavy atom. The van der Waals surface area contributed by atoms with Crippen LogP contribution in [0.15, 0.2) is 64.5 Å². The summed E-state index contributed by atoms with van der Waals surface area (Å²) >= 11 is 0. The minimum atomic E-state index is 0. The van der Waals surface area contributed by atoms with Crippen molar-refractivity contribution in [2.45, 2.75) is 19.6 Å². The molecular weight excluding hydrogens is 545 g/mol. The second-order valence-corrected chi connectivity index (χ2v) is 8.26. The number of amides is 1. The number of hydrogen-bond donors (Lipinski definition) is 1. The van der Waals surface area contributed by atoms with Crippen molar-refractivity contribution in [3.63, 3.8) is 0 Å². The zero-order chi connectivity index (χ0) is 23.2. The number of nitrogens with zero attached hydrogens (tertiary/aromatic N) is 6. The summed E-state index contributed by atoms with van der Waals surface area (Å²) < 4.78 is 7.17. The van der Waals surface area contributed by atoms with Gasteiger partial charge < -0.3 is 19.5 Å². The first-order chi connectivity index (χ1) is 16.0. The second-order valence-electron chi connectivity index (χ2n) is 8.26. The Morgan fingerprint density at radius 3 is 2.62 bits per heavy atom. The highest BCUT2D eigenvalue weighted by Gasteiger charge is 2.27. The average molecular weight is 577 g/mol. The van der Waals surface area contributed by atoms with Crippen LogP contribution in [-0.2, 0) is 31.5 Å². The molecule has 1 fully saturated rings. The number of guanidine groups is 1. The molecule has 1 saturated heterocycles. The van der Waals surface area contributed by atoms with Gasteiger partial charge in [-0.15, -0.1) is 24.0 Å². The van der Waals surface area contributed by atoms with Crippen LogP contribution in [-0.4, -0.2) is 65.2 Å². The summed E-state index contributed by atoms with van der Waals surface area (Å²) in [6.45, 7) is 3.77. The molecule has 0 spiro atoms. The number of carbonyl (C=O) groups excluding carboxylic acids is 1. The summed E-state index contributed by atoms with van der Waals surface area (Å²) in [5, 5.41) is 7.62. The number of anilines is 1. The summed E-state index contributed by atoms with van der Waals surface area (Å²) in [5.41, 5.74) is 3.27. The van der Waals surface area contributed by atoms with E-state index >= 15 is 0 Å². The number of aryl methyl sites for hydroxylation is 1. The highest BCUT2D eigenvalue weighted by atomic mass is 127. The van der Waals surface area contributed by atoms with Gasteiger partial charge in [-0.1, -0.05) is 24.3 Å². The van der Waals surface area contributed by atoms with E-state index in [9.17, 15) is 4.79 Å². The van der Waals surface area contributed by atoms with E-state index in [0.29, 0.717) is 19.6 Å². The quantitative estimate of drug-likeness (QED) is 0.264. The van der Waals surface area contributed by atoms with Gasteiger partial charge in [0.05, 0.1) is 24.7 Å². The molecular formula is C24H32IN7O2. The number of furan rings is 1. The fraction of sp³-hybridized carbons (Fsp3) is 0.375. The summed E-state index contributed by atoms with van der Waals surface area (Å²) in [7, 11) is 5.69. The molecule has 34 heavy (non-hydrogen) atoms. The highest BCUT2D eigenvalue weighted by Crippen LogP contribution is 2.17. The summed E-state index contributed by atoms with van der Waals surface area (Å²) in [6.07, 6.45) is 5.29. The van der Waals surface area contributed by atoms with Gasteiger partial charge in [0.25, 0.3) is 0 Å². The molecule has 3 heterocycles. The van der Waals surface area contributed by atoms with Gasteiger partial charge in [0.15, 0.2) is 5.96 Å². The lowest BCUT2D eigenvalue weighted by Gasteiger charge is -2.35. The van der Waals surface area contributed by atoms with Crippen molar-refractivity contribution in [1.82, 2.24) is 24.9 Å². The number of carbonyl (C=O) groups is 1.